The molecule has 0 heterocycles. The molecule has 0 aliphatic carbocycles. The number of anilines is 1. The molecule has 2 N–H and O–H groups in total. The van der Waals surface area contributed by atoms with Crippen LogP contribution in [0.25, 0.3) is 10.8 Å². The molecule has 0 bridgehead atoms. The number of hydrogen-bond donors (Lipinski definition) is 2. The van der Waals surface area contributed by atoms with Crippen LogP contribution in [0.5, 0.6) is 11.5 Å². The second-order valence-corrected chi connectivity index (χ2v) is 5.88. The molecule has 0 aromatic heterocycles. The van der Waals surface area contributed by atoms with Crippen LogP contribution < -0.4 is 20.1 Å². The summed E-state index contributed by atoms with van der Waals surface area (Å²) in [7, 11) is 3.22. The van der Waals surface area contributed by atoms with Crippen LogP contribution in [0.2, 0.25) is 0 Å². The third-order valence-corrected chi connectivity index (χ3v) is 4.15. The lowest BCUT2D eigenvalue weighted by Crippen LogP contribution is -2.30. The Hall–Kier alpha value is -3.21. The molecule has 3 aromatic carbocycles. The zero-order valence-corrected chi connectivity index (χ0v) is 14.9. The van der Waals surface area contributed by atoms with Gasteiger partial charge in [-0.3, -0.25) is 0 Å². The Kier molecular flexibility index (Phi) is 5.59. The van der Waals surface area contributed by atoms with Gasteiger partial charge in [0.15, 0.2) is 11.5 Å². The predicted octanol–water partition coefficient (Wildman–Crippen LogP) is 4.22. The molecule has 5 nitrogen and oxygen atoms in total. The molecule has 0 spiro atoms. The van der Waals surface area contributed by atoms with E-state index in [2.05, 4.69) is 10.6 Å². The van der Waals surface area contributed by atoms with Crippen LogP contribution in [0, 0.1) is 0 Å². The van der Waals surface area contributed by atoms with Gasteiger partial charge >= 0.3 is 6.03 Å². The van der Waals surface area contributed by atoms with Crippen molar-refractivity contribution in [1.29, 1.82) is 0 Å². The Morgan fingerprint density at radius 1 is 0.885 bits per heavy atom. The van der Waals surface area contributed by atoms with Crippen molar-refractivity contribution >= 4 is 22.5 Å². The van der Waals surface area contributed by atoms with E-state index in [1.165, 1.54) is 0 Å². The normalized spacial score (nSPS) is 10.4. The van der Waals surface area contributed by atoms with E-state index >= 15 is 0 Å². The third kappa shape index (κ3) is 4.25. The summed E-state index contributed by atoms with van der Waals surface area (Å²) in [5, 5.41) is 7.98. The summed E-state index contributed by atoms with van der Waals surface area (Å²) < 4.78 is 10.5. The Balaban J connectivity index is 1.53. The molecule has 5 heteroatoms. The maximum Gasteiger partial charge on any atom is 0.319 e. The summed E-state index contributed by atoms with van der Waals surface area (Å²) in [6.45, 7) is 0.523. The highest BCUT2D eigenvalue weighted by Gasteiger charge is 2.06. The molecule has 0 radical (unpaired) electrons. The molecule has 0 atom stereocenters. The number of nitrogens with one attached hydrogen (secondary N) is 2. The Labute approximate surface area is 152 Å². The van der Waals surface area contributed by atoms with E-state index in [1.54, 1.807) is 14.2 Å². The number of hydrogen-bond acceptors (Lipinski definition) is 3. The zero-order chi connectivity index (χ0) is 18.4. The predicted molar refractivity (Wildman–Crippen MR) is 104 cm³/mol. The first-order valence-corrected chi connectivity index (χ1v) is 8.44. The Morgan fingerprint density at radius 3 is 2.42 bits per heavy atom. The van der Waals surface area contributed by atoms with Crippen LogP contribution in [-0.4, -0.2) is 26.8 Å². The van der Waals surface area contributed by atoms with Crippen molar-refractivity contribution in [3.8, 4) is 11.5 Å². The molecule has 0 aliphatic rings. The van der Waals surface area contributed by atoms with Crippen LogP contribution in [0.4, 0.5) is 10.5 Å². The molecule has 3 aromatic rings. The summed E-state index contributed by atoms with van der Waals surface area (Å²) in [6.07, 6.45) is 0.700. The summed E-state index contributed by atoms with van der Waals surface area (Å²) in [5.74, 6) is 1.38. The molecule has 0 aliphatic heterocycles. The monoisotopic (exact) mass is 350 g/mol. The SMILES string of the molecule is COc1ccc(CCNC(=O)Nc2ccc3ccccc3c2)cc1OC. The smallest absolute Gasteiger partial charge is 0.319 e. The molecule has 3 rings (SSSR count). The standard InChI is InChI=1S/C21H22N2O3/c1-25-19-10-7-15(13-20(19)26-2)11-12-22-21(24)23-18-9-8-16-5-3-4-6-17(16)14-18/h3-10,13-14H,11-12H2,1-2H3,(H2,22,23,24). The molecule has 0 fully saturated rings. The van der Waals surface area contributed by atoms with E-state index in [4.69, 9.17) is 9.47 Å². The first kappa shape index (κ1) is 17.6. The van der Waals surface area contributed by atoms with Crippen molar-refractivity contribution in [3.05, 3.63) is 66.2 Å². The van der Waals surface area contributed by atoms with Crippen molar-refractivity contribution < 1.29 is 14.3 Å². The Bertz CT molecular complexity index is 909. The Morgan fingerprint density at radius 2 is 1.65 bits per heavy atom. The lowest BCUT2D eigenvalue weighted by molar-refractivity contribution is 0.252. The van der Waals surface area contributed by atoms with Crippen LogP contribution in [-0.2, 0) is 6.42 Å². The van der Waals surface area contributed by atoms with Gasteiger partial charge in [-0.1, -0.05) is 36.4 Å². The van der Waals surface area contributed by atoms with Gasteiger partial charge in [0, 0.05) is 12.2 Å². The number of benzene rings is 3. The molecule has 2 amide bonds. The topological polar surface area (TPSA) is 59.6 Å². The van der Waals surface area contributed by atoms with E-state index < -0.39 is 0 Å². The minimum absolute atomic E-state index is 0.222. The van der Waals surface area contributed by atoms with E-state index in [9.17, 15) is 4.79 Å². The van der Waals surface area contributed by atoms with Gasteiger partial charge in [-0.2, -0.15) is 0 Å². The second-order valence-electron chi connectivity index (χ2n) is 5.88. The summed E-state index contributed by atoms with van der Waals surface area (Å²) in [6, 6.07) is 19.4. The van der Waals surface area contributed by atoms with Crippen LogP contribution >= 0.6 is 0 Å². The quantitative estimate of drug-likeness (QED) is 0.700. The molecular formula is C21H22N2O3. The molecule has 0 saturated carbocycles. The average molecular weight is 350 g/mol. The maximum absolute atomic E-state index is 12.1. The summed E-state index contributed by atoms with van der Waals surface area (Å²) in [4.78, 5) is 12.1. The van der Waals surface area contributed by atoms with Crippen molar-refractivity contribution in [2.24, 2.45) is 0 Å². The minimum atomic E-state index is -0.222. The number of carbonyl (C=O) groups excluding carboxylic acids is 1. The summed E-state index contributed by atoms with van der Waals surface area (Å²) in [5.41, 5.74) is 1.83. The molecule has 0 unspecified atom stereocenters. The fourth-order valence-electron chi connectivity index (χ4n) is 2.80. The van der Waals surface area contributed by atoms with Gasteiger partial charge in [0.05, 0.1) is 14.2 Å². The van der Waals surface area contributed by atoms with Crippen molar-refractivity contribution in [2.45, 2.75) is 6.42 Å². The summed E-state index contributed by atoms with van der Waals surface area (Å²) >= 11 is 0. The first-order chi connectivity index (χ1) is 12.7. The zero-order valence-electron chi connectivity index (χ0n) is 14.9. The van der Waals surface area contributed by atoms with Gasteiger partial charge in [0.2, 0.25) is 0 Å². The number of amides is 2. The highest BCUT2D eigenvalue weighted by atomic mass is 16.5. The first-order valence-electron chi connectivity index (χ1n) is 8.44. The van der Waals surface area contributed by atoms with Gasteiger partial charge in [0.1, 0.15) is 0 Å². The molecular weight excluding hydrogens is 328 g/mol. The second kappa shape index (κ2) is 8.25. The number of ether oxygens (including phenoxy) is 2. The van der Waals surface area contributed by atoms with Gasteiger partial charge in [0.25, 0.3) is 0 Å². The van der Waals surface area contributed by atoms with E-state index in [-0.39, 0.29) is 6.03 Å². The van der Waals surface area contributed by atoms with Gasteiger partial charge in [-0.15, -0.1) is 0 Å². The molecule has 26 heavy (non-hydrogen) atoms. The van der Waals surface area contributed by atoms with Crippen LogP contribution in [0.15, 0.2) is 60.7 Å². The van der Waals surface area contributed by atoms with Gasteiger partial charge in [-0.05, 0) is 47.0 Å². The lowest BCUT2D eigenvalue weighted by atomic mass is 10.1. The highest BCUT2D eigenvalue weighted by Crippen LogP contribution is 2.27. The molecule has 0 saturated heterocycles. The van der Waals surface area contributed by atoms with E-state index in [1.807, 2.05) is 60.7 Å². The van der Waals surface area contributed by atoms with Crippen molar-refractivity contribution in [2.75, 3.05) is 26.1 Å². The lowest BCUT2D eigenvalue weighted by Gasteiger charge is -2.11. The minimum Gasteiger partial charge on any atom is -0.493 e. The maximum atomic E-state index is 12.1. The number of urea groups is 1. The van der Waals surface area contributed by atoms with E-state index in [0.29, 0.717) is 24.5 Å². The number of carbonyl (C=O) groups is 1. The largest absolute Gasteiger partial charge is 0.493 e. The van der Waals surface area contributed by atoms with Gasteiger partial charge in [-0.25, -0.2) is 4.79 Å². The van der Waals surface area contributed by atoms with Crippen molar-refractivity contribution in [3.63, 3.8) is 0 Å². The number of methoxy groups -OCH3 is 2. The third-order valence-electron chi connectivity index (χ3n) is 4.15. The van der Waals surface area contributed by atoms with E-state index in [0.717, 1.165) is 22.0 Å². The van der Waals surface area contributed by atoms with Crippen LogP contribution in [0.3, 0.4) is 0 Å². The fourth-order valence-corrected chi connectivity index (χ4v) is 2.80. The fraction of sp³-hybridized carbons (Fsp3) is 0.190. The highest BCUT2D eigenvalue weighted by molar-refractivity contribution is 5.93. The number of rotatable bonds is 6. The number of fused-ring (bicyclic) bond motifs is 1. The average Bonchev–Trinajstić information content (AvgIpc) is 2.67. The van der Waals surface area contributed by atoms with Crippen LogP contribution in [0.1, 0.15) is 5.56 Å². The van der Waals surface area contributed by atoms with Crippen molar-refractivity contribution in [1.82, 2.24) is 5.32 Å². The molecule has 134 valence electrons. The van der Waals surface area contributed by atoms with Gasteiger partial charge < -0.3 is 20.1 Å².